The Labute approximate surface area is 132 Å². The molecule has 2 nitrogen and oxygen atoms in total. The first kappa shape index (κ1) is 15.0. The average Bonchev–Trinajstić information content (AvgIpc) is 3.03. The maximum absolute atomic E-state index is 12.6. The van der Waals surface area contributed by atoms with Crippen molar-refractivity contribution in [2.24, 2.45) is 0 Å². The van der Waals surface area contributed by atoms with Crippen LogP contribution in [0.15, 0.2) is 42.5 Å². The van der Waals surface area contributed by atoms with Gasteiger partial charge in [0.2, 0.25) is 0 Å². The Morgan fingerprint density at radius 2 is 1.55 bits per heavy atom. The van der Waals surface area contributed by atoms with Crippen LogP contribution in [0, 0.1) is 13.8 Å². The van der Waals surface area contributed by atoms with Crippen molar-refractivity contribution < 1.29 is 4.79 Å². The molecule has 0 atom stereocenters. The summed E-state index contributed by atoms with van der Waals surface area (Å²) in [5, 5.41) is 0. The number of rotatable bonds is 4. The van der Waals surface area contributed by atoms with E-state index in [0.29, 0.717) is 0 Å². The predicted octanol–water partition coefficient (Wildman–Crippen LogP) is 4.13. The molecule has 0 N–H and O–H groups in total. The van der Waals surface area contributed by atoms with Crippen LogP contribution >= 0.6 is 0 Å². The summed E-state index contributed by atoms with van der Waals surface area (Å²) in [5.41, 5.74) is 5.22. The summed E-state index contributed by atoms with van der Waals surface area (Å²) in [6.07, 6.45) is 2.62. The van der Waals surface area contributed by atoms with E-state index in [-0.39, 0.29) is 5.78 Å². The van der Waals surface area contributed by atoms with Crippen LogP contribution in [0.1, 0.15) is 45.5 Å². The lowest BCUT2D eigenvalue weighted by molar-refractivity contribution is 0.103. The molecular weight excluding hydrogens is 270 g/mol. The van der Waals surface area contributed by atoms with Gasteiger partial charge in [-0.15, -0.1) is 0 Å². The Morgan fingerprint density at radius 3 is 2.18 bits per heavy atom. The molecule has 0 amide bonds. The van der Waals surface area contributed by atoms with Crippen LogP contribution in [0.3, 0.4) is 0 Å². The molecule has 1 saturated heterocycles. The molecule has 0 spiro atoms. The van der Waals surface area contributed by atoms with E-state index in [0.717, 1.165) is 23.2 Å². The van der Waals surface area contributed by atoms with Gasteiger partial charge in [-0.05, 0) is 62.5 Å². The molecule has 0 radical (unpaired) electrons. The Balaban J connectivity index is 1.73. The number of hydrogen-bond donors (Lipinski definition) is 0. The fourth-order valence-corrected chi connectivity index (χ4v) is 3.01. The zero-order valence-electron chi connectivity index (χ0n) is 13.4. The number of nitrogens with zero attached hydrogens (tertiary/aromatic N) is 1. The van der Waals surface area contributed by atoms with Crippen molar-refractivity contribution in [1.29, 1.82) is 0 Å². The summed E-state index contributed by atoms with van der Waals surface area (Å²) < 4.78 is 0. The topological polar surface area (TPSA) is 20.3 Å². The van der Waals surface area contributed by atoms with Gasteiger partial charge in [0, 0.05) is 17.7 Å². The summed E-state index contributed by atoms with van der Waals surface area (Å²) in [6.45, 7) is 7.51. The molecular formula is C20H23NO. The molecule has 0 aliphatic carbocycles. The van der Waals surface area contributed by atoms with Crippen LogP contribution < -0.4 is 0 Å². The standard InChI is InChI=1S/C20H23NO/c1-15-5-8-19(13-16(15)2)20(22)18-9-6-17(7-10-18)14-21-11-3-4-12-21/h5-10,13H,3-4,11-12,14H2,1-2H3. The third-order valence-electron chi connectivity index (χ3n) is 4.59. The highest BCUT2D eigenvalue weighted by Crippen LogP contribution is 2.17. The first-order valence-corrected chi connectivity index (χ1v) is 8.07. The lowest BCUT2D eigenvalue weighted by Gasteiger charge is -2.14. The van der Waals surface area contributed by atoms with Gasteiger partial charge in [0.25, 0.3) is 0 Å². The molecule has 1 heterocycles. The molecule has 2 aromatic carbocycles. The maximum Gasteiger partial charge on any atom is 0.193 e. The Hall–Kier alpha value is -1.93. The molecule has 0 saturated carbocycles. The SMILES string of the molecule is Cc1ccc(C(=O)c2ccc(CN3CCCC3)cc2)cc1C. The van der Waals surface area contributed by atoms with Gasteiger partial charge in [-0.1, -0.05) is 36.4 Å². The number of hydrogen-bond acceptors (Lipinski definition) is 2. The highest BCUT2D eigenvalue weighted by atomic mass is 16.1. The quantitative estimate of drug-likeness (QED) is 0.790. The number of ketones is 1. The lowest BCUT2D eigenvalue weighted by atomic mass is 9.98. The third-order valence-corrected chi connectivity index (χ3v) is 4.59. The number of carbonyl (C=O) groups excluding carboxylic acids is 1. The molecule has 2 heteroatoms. The molecule has 3 rings (SSSR count). The molecule has 1 aliphatic heterocycles. The number of carbonyl (C=O) groups is 1. The van der Waals surface area contributed by atoms with Crippen molar-refractivity contribution in [3.8, 4) is 0 Å². The Morgan fingerprint density at radius 1 is 0.909 bits per heavy atom. The second-order valence-electron chi connectivity index (χ2n) is 6.31. The van der Waals surface area contributed by atoms with Crippen molar-refractivity contribution in [1.82, 2.24) is 4.90 Å². The number of aryl methyl sites for hydroxylation is 2. The van der Waals surface area contributed by atoms with Gasteiger partial charge >= 0.3 is 0 Å². The van der Waals surface area contributed by atoms with Gasteiger partial charge in [-0.2, -0.15) is 0 Å². The molecule has 1 aliphatic rings. The van der Waals surface area contributed by atoms with E-state index in [1.54, 1.807) is 0 Å². The van der Waals surface area contributed by atoms with Crippen molar-refractivity contribution >= 4 is 5.78 Å². The van der Waals surface area contributed by atoms with Crippen molar-refractivity contribution in [2.75, 3.05) is 13.1 Å². The Kier molecular flexibility index (Phi) is 4.39. The van der Waals surface area contributed by atoms with Crippen LogP contribution in [0.2, 0.25) is 0 Å². The predicted molar refractivity (Wildman–Crippen MR) is 90.3 cm³/mol. The highest BCUT2D eigenvalue weighted by Gasteiger charge is 2.13. The van der Waals surface area contributed by atoms with E-state index in [1.165, 1.54) is 37.1 Å². The minimum Gasteiger partial charge on any atom is -0.299 e. The van der Waals surface area contributed by atoms with Gasteiger partial charge in [0.15, 0.2) is 5.78 Å². The second-order valence-corrected chi connectivity index (χ2v) is 6.31. The van der Waals surface area contributed by atoms with Crippen molar-refractivity contribution in [2.45, 2.75) is 33.2 Å². The van der Waals surface area contributed by atoms with Crippen molar-refractivity contribution in [3.05, 3.63) is 70.3 Å². The molecule has 0 unspecified atom stereocenters. The molecule has 0 bridgehead atoms. The highest BCUT2D eigenvalue weighted by molar-refractivity contribution is 6.09. The summed E-state index contributed by atoms with van der Waals surface area (Å²) in [6, 6.07) is 14.0. The van der Waals surface area contributed by atoms with Crippen LogP contribution in [-0.2, 0) is 6.54 Å². The van der Waals surface area contributed by atoms with E-state index >= 15 is 0 Å². The summed E-state index contributed by atoms with van der Waals surface area (Å²) in [4.78, 5) is 15.0. The van der Waals surface area contributed by atoms with Gasteiger partial charge in [-0.25, -0.2) is 0 Å². The smallest absolute Gasteiger partial charge is 0.193 e. The van der Waals surface area contributed by atoms with E-state index < -0.39 is 0 Å². The minimum absolute atomic E-state index is 0.107. The first-order chi connectivity index (χ1) is 10.6. The largest absolute Gasteiger partial charge is 0.299 e. The lowest BCUT2D eigenvalue weighted by Crippen LogP contribution is -2.18. The normalized spacial score (nSPS) is 15.2. The van der Waals surface area contributed by atoms with Crippen LogP contribution in [-0.4, -0.2) is 23.8 Å². The van der Waals surface area contributed by atoms with E-state index in [1.807, 2.05) is 37.3 Å². The molecule has 22 heavy (non-hydrogen) atoms. The van der Waals surface area contributed by atoms with Crippen LogP contribution in [0.25, 0.3) is 0 Å². The fourth-order valence-electron chi connectivity index (χ4n) is 3.01. The van der Waals surface area contributed by atoms with Gasteiger partial charge < -0.3 is 0 Å². The summed E-state index contributed by atoms with van der Waals surface area (Å²) in [5.74, 6) is 0.107. The fraction of sp³-hybridized carbons (Fsp3) is 0.350. The van der Waals surface area contributed by atoms with Gasteiger partial charge in [-0.3, -0.25) is 9.69 Å². The van der Waals surface area contributed by atoms with Gasteiger partial charge in [0.05, 0.1) is 0 Å². The van der Waals surface area contributed by atoms with E-state index in [9.17, 15) is 4.79 Å². The van der Waals surface area contributed by atoms with Crippen LogP contribution in [0.4, 0.5) is 0 Å². The average molecular weight is 293 g/mol. The molecule has 1 fully saturated rings. The monoisotopic (exact) mass is 293 g/mol. The second kappa shape index (κ2) is 6.45. The molecule has 0 aromatic heterocycles. The maximum atomic E-state index is 12.6. The molecule has 114 valence electrons. The van der Waals surface area contributed by atoms with Gasteiger partial charge in [0.1, 0.15) is 0 Å². The zero-order chi connectivity index (χ0) is 15.5. The van der Waals surface area contributed by atoms with Crippen molar-refractivity contribution in [3.63, 3.8) is 0 Å². The summed E-state index contributed by atoms with van der Waals surface area (Å²) >= 11 is 0. The zero-order valence-corrected chi connectivity index (χ0v) is 13.4. The third kappa shape index (κ3) is 3.28. The molecule has 2 aromatic rings. The summed E-state index contributed by atoms with van der Waals surface area (Å²) in [7, 11) is 0. The van der Waals surface area contributed by atoms with Crippen LogP contribution in [0.5, 0.6) is 0 Å². The number of benzene rings is 2. The number of likely N-dealkylation sites (tertiary alicyclic amines) is 1. The first-order valence-electron chi connectivity index (χ1n) is 8.07. The van der Waals surface area contributed by atoms with E-state index in [4.69, 9.17) is 0 Å². The Bertz CT molecular complexity index is 667. The minimum atomic E-state index is 0.107. The van der Waals surface area contributed by atoms with E-state index in [2.05, 4.69) is 24.0 Å².